The molecule has 0 radical (unpaired) electrons. The first-order chi connectivity index (χ1) is 14.8. The predicted molar refractivity (Wildman–Crippen MR) is 118 cm³/mol. The lowest BCUT2D eigenvalue weighted by atomic mass is 9.99. The Morgan fingerprint density at radius 2 is 1.39 bits per heavy atom. The summed E-state index contributed by atoms with van der Waals surface area (Å²) >= 11 is 1.36. The molecule has 0 fully saturated rings. The van der Waals surface area contributed by atoms with Crippen LogP contribution in [-0.4, -0.2) is 27.3 Å². The third-order valence-electron chi connectivity index (χ3n) is 4.93. The largest absolute Gasteiger partial charge is 0.508 e. The van der Waals surface area contributed by atoms with Crippen LogP contribution in [0.2, 0.25) is 0 Å². The smallest absolute Gasteiger partial charge is 0.335 e. The van der Waals surface area contributed by atoms with Crippen LogP contribution in [0.5, 0.6) is 5.75 Å². The van der Waals surface area contributed by atoms with Gasteiger partial charge in [0.15, 0.2) is 5.43 Å². The van der Waals surface area contributed by atoms with Crippen molar-refractivity contribution in [2.75, 3.05) is 0 Å². The molecule has 0 aliphatic rings. The minimum atomic E-state index is -1.05. The van der Waals surface area contributed by atoms with Crippen LogP contribution >= 0.6 is 11.3 Å². The maximum atomic E-state index is 13.3. The highest BCUT2D eigenvalue weighted by Crippen LogP contribution is 2.32. The predicted octanol–water partition coefficient (Wildman–Crippen LogP) is 4.62. The number of hydrogen-bond donors (Lipinski definition) is 3. The van der Waals surface area contributed by atoms with Crippen molar-refractivity contribution in [3.05, 3.63) is 98.5 Å². The van der Waals surface area contributed by atoms with Crippen molar-refractivity contribution in [2.24, 2.45) is 0 Å². The number of aromatic carboxylic acids is 2. The molecule has 3 N–H and O–H groups in total. The van der Waals surface area contributed by atoms with Gasteiger partial charge in [-0.05, 0) is 53.6 Å². The van der Waals surface area contributed by atoms with E-state index < -0.39 is 11.9 Å². The molecular weight excluding hydrogens is 416 g/mol. The Bertz CT molecular complexity index is 1370. The highest BCUT2D eigenvalue weighted by molar-refractivity contribution is 7.18. The molecule has 31 heavy (non-hydrogen) atoms. The molecule has 0 amide bonds. The van der Waals surface area contributed by atoms with E-state index in [-0.39, 0.29) is 22.3 Å². The Morgan fingerprint density at radius 3 is 1.97 bits per heavy atom. The van der Waals surface area contributed by atoms with Crippen LogP contribution in [0.25, 0.3) is 21.2 Å². The van der Waals surface area contributed by atoms with E-state index in [0.717, 1.165) is 10.4 Å². The van der Waals surface area contributed by atoms with Crippen LogP contribution in [0.4, 0.5) is 0 Å². The molecule has 3 aromatic carbocycles. The lowest BCUT2D eigenvalue weighted by Gasteiger charge is -2.12. The summed E-state index contributed by atoms with van der Waals surface area (Å²) in [5, 5.41) is 28.6. The zero-order chi connectivity index (χ0) is 22.1. The Hall–Kier alpha value is -3.97. The van der Waals surface area contributed by atoms with Crippen molar-refractivity contribution < 1.29 is 24.9 Å². The van der Waals surface area contributed by atoms with Gasteiger partial charge in [-0.3, -0.25) is 4.79 Å². The number of fused-ring (bicyclic) bond motifs is 1. The fourth-order valence-electron chi connectivity index (χ4n) is 3.37. The number of phenols is 1. The number of carboxylic acids is 2. The zero-order valence-electron chi connectivity index (χ0n) is 16.0. The normalized spacial score (nSPS) is 10.8. The number of carboxylic acid groups (broad SMARTS) is 2. The summed E-state index contributed by atoms with van der Waals surface area (Å²) in [6, 6.07) is 17.1. The molecule has 154 valence electrons. The highest BCUT2D eigenvalue weighted by atomic mass is 32.1. The molecule has 0 atom stereocenters. The monoisotopic (exact) mass is 432 g/mol. The van der Waals surface area contributed by atoms with Gasteiger partial charge in [0, 0.05) is 26.9 Å². The second-order valence-corrected chi connectivity index (χ2v) is 8.11. The van der Waals surface area contributed by atoms with Gasteiger partial charge in [-0.25, -0.2) is 9.59 Å². The molecule has 0 saturated carbocycles. The van der Waals surface area contributed by atoms with Gasteiger partial charge >= 0.3 is 11.9 Å². The highest BCUT2D eigenvalue weighted by Gasteiger charge is 2.16. The molecule has 4 rings (SSSR count). The van der Waals surface area contributed by atoms with Crippen molar-refractivity contribution >= 4 is 33.4 Å². The van der Waals surface area contributed by atoms with Crippen molar-refractivity contribution in [3.8, 4) is 16.9 Å². The second kappa shape index (κ2) is 8.04. The van der Waals surface area contributed by atoms with Crippen LogP contribution in [-0.2, 0) is 6.42 Å². The summed E-state index contributed by atoms with van der Waals surface area (Å²) in [6.45, 7) is 0. The maximum absolute atomic E-state index is 13.3. The van der Waals surface area contributed by atoms with Crippen LogP contribution in [0.3, 0.4) is 0 Å². The molecule has 0 unspecified atom stereocenters. The lowest BCUT2D eigenvalue weighted by Crippen LogP contribution is -2.09. The minimum absolute atomic E-state index is 0.0541. The van der Waals surface area contributed by atoms with E-state index in [1.165, 1.54) is 47.7 Å². The first-order valence-electron chi connectivity index (χ1n) is 9.28. The summed E-state index contributed by atoms with van der Waals surface area (Å²) in [4.78, 5) is 36.4. The standard InChI is InChI=1S/C24H16O6S/c25-17-9-10-18-19(12-17)31-20(11-13-1-3-15(4-2-13)23(27)28)21(22(18)26)14-5-7-16(8-6-14)24(29)30/h1-10,12,25H,11H2,(H,27,28)(H,29,30). The Labute approximate surface area is 180 Å². The van der Waals surface area contributed by atoms with Gasteiger partial charge in [-0.2, -0.15) is 0 Å². The average Bonchev–Trinajstić information content (AvgIpc) is 2.74. The number of hydrogen-bond acceptors (Lipinski definition) is 5. The van der Waals surface area contributed by atoms with Crippen molar-refractivity contribution in [1.29, 1.82) is 0 Å². The van der Waals surface area contributed by atoms with E-state index in [4.69, 9.17) is 10.2 Å². The number of carbonyl (C=O) groups is 2. The molecule has 0 saturated heterocycles. The fraction of sp³-hybridized carbons (Fsp3) is 0.0417. The quantitative estimate of drug-likeness (QED) is 0.424. The molecule has 0 spiro atoms. The van der Waals surface area contributed by atoms with Crippen LogP contribution in [0.1, 0.15) is 31.2 Å². The number of benzene rings is 3. The topological polar surface area (TPSA) is 112 Å². The SMILES string of the molecule is O=C(O)c1ccc(Cc2sc3cc(O)ccc3c(=O)c2-c2ccc(C(=O)O)cc2)cc1. The van der Waals surface area contributed by atoms with Gasteiger partial charge in [0.1, 0.15) is 5.75 Å². The summed E-state index contributed by atoms with van der Waals surface area (Å²) in [6.07, 6.45) is 0.376. The fourth-order valence-corrected chi connectivity index (χ4v) is 4.64. The van der Waals surface area contributed by atoms with E-state index >= 15 is 0 Å². The van der Waals surface area contributed by atoms with Gasteiger partial charge in [0.2, 0.25) is 0 Å². The number of rotatable bonds is 5. The van der Waals surface area contributed by atoms with Crippen LogP contribution < -0.4 is 5.43 Å². The molecule has 4 aromatic rings. The second-order valence-electron chi connectivity index (χ2n) is 6.97. The van der Waals surface area contributed by atoms with Crippen LogP contribution in [0, 0.1) is 0 Å². The first kappa shape index (κ1) is 20.3. The molecule has 0 bridgehead atoms. The summed E-state index contributed by atoms with van der Waals surface area (Å²) < 4.78 is 0.632. The third-order valence-corrected chi connectivity index (χ3v) is 6.09. The van der Waals surface area contributed by atoms with Gasteiger partial charge in [-0.1, -0.05) is 24.3 Å². The van der Waals surface area contributed by atoms with Gasteiger partial charge in [-0.15, -0.1) is 11.3 Å². The van der Waals surface area contributed by atoms with E-state index in [2.05, 4.69) is 0 Å². The van der Waals surface area contributed by atoms with Crippen molar-refractivity contribution in [2.45, 2.75) is 6.42 Å². The summed E-state index contributed by atoms with van der Waals surface area (Å²) in [5.41, 5.74) is 1.96. The minimum Gasteiger partial charge on any atom is -0.508 e. The Morgan fingerprint density at radius 1 is 0.806 bits per heavy atom. The van der Waals surface area contributed by atoms with Gasteiger partial charge in [0.05, 0.1) is 11.1 Å². The molecule has 1 heterocycles. The molecule has 1 aromatic heterocycles. The molecule has 7 heteroatoms. The zero-order valence-corrected chi connectivity index (χ0v) is 16.8. The molecule has 0 aliphatic heterocycles. The molecule has 0 aliphatic carbocycles. The number of aromatic hydroxyl groups is 1. The third kappa shape index (κ3) is 4.04. The molecule has 6 nitrogen and oxygen atoms in total. The number of phenolic OH excluding ortho intramolecular Hbond substituents is 1. The Balaban J connectivity index is 1.89. The van der Waals surface area contributed by atoms with Crippen LogP contribution in [0.15, 0.2) is 71.5 Å². The molecular formula is C24H16O6S. The van der Waals surface area contributed by atoms with E-state index in [0.29, 0.717) is 27.6 Å². The average molecular weight is 432 g/mol. The first-order valence-corrected chi connectivity index (χ1v) is 10.1. The summed E-state index contributed by atoms with van der Waals surface area (Å²) in [7, 11) is 0. The van der Waals surface area contributed by atoms with Gasteiger partial charge in [0.25, 0.3) is 0 Å². The maximum Gasteiger partial charge on any atom is 0.335 e. The lowest BCUT2D eigenvalue weighted by molar-refractivity contribution is 0.0686. The Kier molecular flexibility index (Phi) is 5.27. The van der Waals surface area contributed by atoms with E-state index in [1.54, 1.807) is 30.3 Å². The summed E-state index contributed by atoms with van der Waals surface area (Å²) in [5.74, 6) is -2.01. The van der Waals surface area contributed by atoms with E-state index in [9.17, 15) is 19.5 Å². The van der Waals surface area contributed by atoms with Crippen molar-refractivity contribution in [1.82, 2.24) is 0 Å². The van der Waals surface area contributed by atoms with E-state index in [1.807, 2.05) is 0 Å². The van der Waals surface area contributed by atoms with Crippen molar-refractivity contribution in [3.63, 3.8) is 0 Å². The van der Waals surface area contributed by atoms with Gasteiger partial charge < -0.3 is 15.3 Å².